The second kappa shape index (κ2) is 13.9. The largest absolute Gasteiger partial charge is 0.455 e. The minimum Gasteiger partial charge on any atom is -0.455 e. The summed E-state index contributed by atoms with van der Waals surface area (Å²) >= 11 is 0. The molecule has 10 rings (SSSR count). The van der Waals surface area contributed by atoms with Crippen molar-refractivity contribution in [3.8, 4) is 78.4 Å². The lowest BCUT2D eigenvalue weighted by molar-refractivity contribution is 0.670. The molecule has 0 spiro atoms. The van der Waals surface area contributed by atoms with Crippen LogP contribution in [0.4, 0.5) is 0 Å². The molecule has 0 unspecified atom stereocenters. The summed E-state index contributed by atoms with van der Waals surface area (Å²) in [7, 11) is 0. The van der Waals surface area contributed by atoms with Gasteiger partial charge >= 0.3 is 0 Å². The Morgan fingerprint density at radius 1 is 0.291 bits per heavy atom. The number of nitrogens with zero attached hydrogens (tertiary/aromatic N) is 2. The number of benzene rings is 8. The molecule has 2 aromatic heterocycles. The van der Waals surface area contributed by atoms with E-state index in [1.54, 1.807) is 0 Å². The molecule has 258 valence electrons. The van der Waals surface area contributed by atoms with Crippen molar-refractivity contribution in [3.63, 3.8) is 0 Å². The normalized spacial score (nSPS) is 11.3. The van der Waals surface area contributed by atoms with Gasteiger partial charge in [-0.15, -0.1) is 0 Å². The number of hydrogen-bond acceptors (Lipinski definition) is 3. The molecule has 0 saturated heterocycles. The van der Waals surface area contributed by atoms with E-state index in [0.717, 1.165) is 83.4 Å². The topological polar surface area (TPSA) is 38.9 Å². The Balaban J connectivity index is 1.20. The number of hydrogen-bond donors (Lipinski definition) is 0. The Hall–Kier alpha value is -7.36. The van der Waals surface area contributed by atoms with E-state index in [9.17, 15) is 0 Å². The molecule has 0 radical (unpaired) electrons. The predicted octanol–water partition coefficient (Wildman–Crippen LogP) is 14.0. The maximum Gasteiger partial charge on any atom is 0.160 e. The van der Waals surface area contributed by atoms with E-state index in [-0.39, 0.29) is 0 Å². The summed E-state index contributed by atoms with van der Waals surface area (Å²) in [5.74, 6) is 0.675. The van der Waals surface area contributed by atoms with E-state index in [1.165, 1.54) is 11.1 Å². The highest BCUT2D eigenvalue weighted by molar-refractivity contribution is 6.09. The Kier molecular flexibility index (Phi) is 8.16. The fourth-order valence-electron chi connectivity index (χ4n) is 7.58. The second-order valence-corrected chi connectivity index (χ2v) is 13.8. The number of fused-ring (bicyclic) bond motifs is 3. The SMILES string of the molecule is c1ccc(-c2ccc(-c3cc(-c4cc(-c5ccccc5-c5ccccc5)nc(-c5ccccc5)n4)cc(-c4cccc5c4oc4ccccc45)c3)cc2)cc1. The van der Waals surface area contributed by atoms with Crippen molar-refractivity contribution in [2.24, 2.45) is 0 Å². The highest BCUT2D eigenvalue weighted by atomic mass is 16.3. The zero-order valence-electron chi connectivity index (χ0n) is 29.9. The van der Waals surface area contributed by atoms with Crippen LogP contribution in [0.3, 0.4) is 0 Å². The minimum atomic E-state index is 0.675. The van der Waals surface area contributed by atoms with Gasteiger partial charge in [-0.05, 0) is 69.3 Å². The third kappa shape index (κ3) is 6.18. The third-order valence-corrected chi connectivity index (χ3v) is 10.3. The van der Waals surface area contributed by atoms with Crippen LogP contribution in [0, 0.1) is 0 Å². The minimum absolute atomic E-state index is 0.675. The van der Waals surface area contributed by atoms with Crippen LogP contribution in [0.1, 0.15) is 0 Å². The molecule has 3 heteroatoms. The molecule has 0 fully saturated rings. The summed E-state index contributed by atoms with van der Waals surface area (Å²) in [6.07, 6.45) is 0. The first-order valence-corrected chi connectivity index (χ1v) is 18.6. The number of para-hydroxylation sites is 2. The summed E-state index contributed by atoms with van der Waals surface area (Å²) < 4.78 is 6.58. The zero-order valence-corrected chi connectivity index (χ0v) is 29.9. The van der Waals surface area contributed by atoms with E-state index < -0.39 is 0 Å². The predicted molar refractivity (Wildman–Crippen MR) is 227 cm³/mol. The van der Waals surface area contributed by atoms with Crippen LogP contribution in [0.15, 0.2) is 211 Å². The van der Waals surface area contributed by atoms with Gasteiger partial charge in [0, 0.05) is 33.0 Å². The van der Waals surface area contributed by atoms with Crippen molar-refractivity contribution in [1.82, 2.24) is 9.97 Å². The van der Waals surface area contributed by atoms with Crippen molar-refractivity contribution in [1.29, 1.82) is 0 Å². The Bertz CT molecular complexity index is 2950. The summed E-state index contributed by atoms with van der Waals surface area (Å²) in [5.41, 5.74) is 15.4. The molecule has 0 aliphatic rings. The average Bonchev–Trinajstić information content (AvgIpc) is 3.66. The summed E-state index contributed by atoms with van der Waals surface area (Å²) in [5, 5.41) is 2.21. The standard InChI is InChI=1S/C52H34N2O/c1-4-15-35(16-5-1)36-27-29-37(30-28-36)40-31-41(44-24-14-25-47-46-23-12-13-26-50(46)55-51(44)47)33-42(32-40)48-34-49(54-52(53-48)39-19-8-3-9-20-39)45-22-11-10-21-43(45)38-17-6-2-7-18-38/h1-34H. The molecular weight excluding hydrogens is 669 g/mol. The van der Waals surface area contributed by atoms with E-state index in [4.69, 9.17) is 14.4 Å². The van der Waals surface area contributed by atoms with Gasteiger partial charge in [0.05, 0.1) is 11.4 Å². The van der Waals surface area contributed by atoms with Gasteiger partial charge in [-0.1, -0.05) is 176 Å². The highest BCUT2D eigenvalue weighted by Crippen LogP contribution is 2.40. The first-order chi connectivity index (χ1) is 27.2. The van der Waals surface area contributed by atoms with Crippen molar-refractivity contribution in [3.05, 3.63) is 206 Å². The van der Waals surface area contributed by atoms with Gasteiger partial charge in [-0.2, -0.15) is 0 Å². The lowest BCUT2D eigenvalue weighted by Gasteiger charge is -2.15. The second-order valence-electron chi connectivity index (χ2n) is 13.8. The molecule has 55 heavy (non-hydrogen) atoms. The molecule has 0 amide bonds. The molecule has 0 aliphatic heterocycles. The Morgan fingerprint density at radius 3 is 1.55 bits per heavy atom. The first-order valence-electron chi connectivity index (χ1n) is 18.6. The summed E-state index contributed by atoms with van der Waals surface area (Å²) in [6, 6.07) is 72.2. The van der Waals surface area contributed by atoms with Gasteiger partial charge in [-0.25, -0.2) is 9.97 Å². The molecule has 8 aromatic carbocycles. The van der Waals surface area contributed by atoms with Crippen LogP contribution < -0.4 is 0 Å². The van der Waals surface area contributed by atoms with E-state index >= 15 is 0 Å². The van der Waals surface area contributed by atoms with Gasteiger partial charge in [0.2, 0.25) is 0 Å². The highest BCUT2D eigenvalue weighted by Gasteiger charge is 2.18. The Labute approximate surface area is 319 Å². The van der Waals surface area contributed by atoms with Gasteiger partial charge in [0.15, 0.2) is 5.82 Å². The van der Waals surface area contributed by atoms with Crippen LogP contribution in [0.25, 0.3) is 100 Å². The molecule has 0 saturated carbocycles. The molecule has 0 atom stereocenters. The fraction of sp³-hybridized carbons (Fsp3) is 0. The van der Waals surface area contributed by atoms with Crippen molar-refractivity contribution in [2.75, 3.05) is 0 Å². The number of furan rings is 1. The lowest BCUT2D eigenvalue weighted by atomic mass is 9.92. The van der Waals surface area contributed by atoms with Crippen LogP contribution in [0.2, 0.25) is 0 Å². The van der Waals surface area contributed by atoms with Gasteiger partial charge in [-0.3, -0.25) is 0 Å². The fourth-order valence-corrected chi connectivity index (χ4v) is 7.58. The van der Waals surface area contributed by atoms with Gasteiger partial charge < -0.3 is 4.42 Å². The van der Waals surface area contributed by atoms with Gasteiger partial charge in [0.25, 0.3) is 0 Å². The lowest BCUT2D eigenvalue weighted by Crippen LogP contribution is -1.97. The van der Waals surface area contributed by atoms with Gasteiger partial charge in [0.1, 0.15) is 11.2 Å². The van der Waals surface area contributed by atoms with E-state index in [1.807, 2.05) is 36.4 Å². The quantitative estimate of drug-likeness (QED) is 0.166. The van der Waals surface area contributed by atoms with Crippen LogP contribution in [0.5, 0.6) is 0 Å². The molecule has 2 heterocycles. The maximum atomic E-state index is 6.58. The number of rotatable bonds is 7. The first kappa shape index (κ1) is 32.3. The molecule has 0 bridgehead atoms. The van der Waals surface area contributed by atoms with Crippen LogP contribution >= 0.6 is 0 Å². The van der Waals surface area contributed by atoms with Crippen molar-refractivity contribution in [2.45, 2.75) is 0 Å². The average molecular weight is 703 g/mol. The molecule has 0 N–H and O–H groups in total. The molecule has 0 aliphatic carbocycles. The molecule has 10 aromatic rings. The van der Waals surface area contributed by atoms with E-state index in [2.05, 4.69) is 170 Å². The summed E-state index contributed by atoms with van der Waals surface area (Å²) in [4.78, 5) is 10.5. The third-order valence-electron chi connectivity index (χ3n) is 10.3. The maximum absolute atomic E-state index is 6.58. The van der Waals surface area contributed by atoms with Crippen LogP contribution in [-0.4, -0.2) is 9.97 Å². The Morgan fingerprint density at radius 2 is 0.800 bits per heavy atom. The summed E-state index contributed by atoms with van der Waals surface area (Å²) in [6.45, 7) is 0. The van der Waals surface area contributed by atoms with Crippen LogP contribution in [-0.2, 0) is 0 Å². The monoisotopic (exact) mass is 702 g/mol. The smallest absolute Gasteiger partial charge is 0.160 e. The number of aromatic nitrogens is 2. The van der Waals surface area contributed by atoms with Crippen molar-refractivity contribution < 1.29 is 4.42 Å². The van der Waals surface area contributed by atoms with Crippen molar-refractivity contribution >= 4 is 21.9 Å². The molecule has 3 nitrogen and oxygen atoms in total. The van der Waals surface area contributed by atoms with E-state index in [0.29, 0.717) is 5.82 Å². The molecular formula is C52H34N2O. The zero-order chi connectivity index (χ0) is 36.6.